The molecule has 0 aromatic heterocycles. The van der Waals surface area contributed by atoms with Gasteiger partial charge in [0.15, 0.2) is 0 Å². The summed E-state index contributed by atoms with van der Waals surface area (Å²) in [4.78, 5) is 0. The molecular weight excluding hydrogens is 190 g/mol. The van der Waals surface area contributed by atoms with Gasteiger partial charge < -0.3 is 15.2 Å². The maximum atomic E-state index is 9.23. The predicted octanol–water partition coefficient (Wildman–Crippen LogP) is 1.69. The molecule has 2 rings (SSSR count). The Morgan fingerprint density at radius 3 is 2.67 bits per heavy atom. The molecule has 0 radical (unpaired) electrons. The van der Waals surface area contributed by atoms with Crippen LogP contribution < -0.4 is 5.32 Å². The molecule has 0 saturated carbocycles. The summed E-state index contributed by atoms with van der Waals surface area (Å²) < 4.78 is 5.40. The molecule has 1 aliphatic rings. The van der Waals surface area contributed by atoms with Crippen molar-refractivity contribution >= 4 is 0 Å². The van der Waals surface area contributed by atoms with Gasteiger partial charge in [-0.1, -0.05) is 12.1 Å². The fourth-order valence-electron chi connectivity index (χ4n) is 2.17. The van der Waals surface area contributed by atoms with Crippen molar-refractivity contribution in [2.75, 3.05) is 20.3 Å². The highest BCUT2D eigenvalue weighted by molar-refractivity contribution is 5.28. The van der Waals surface area contributed by atoms with E-state index in [1.165, 1.54) is 5.56 Å². The Balaban J connectivity index is 2.14. The monoisotopic (exact) mass is 207 g/mol. The summed E-state index contributed by atoms with van der Waals surface area (Å²) in [5.41, 5.74) is 1.21. The number of phenols is 1. The number of nitrogens with one attached hydrogen (secondary N) is 1. The minimum absolute atomic E-state index is 0.316. The van der Waals surface area contributed by atoms with Crippen molar-refractivity contribution in [3.63, 3.8) is 0 Å². The minimum Gasteiger partial charge on any atom is -0.508 e. The largest absolute Gasteiger partial charge is 0.508 e. The fourth-order valence-corrected chi connectivity index (χ4v) is 2.17. The van der Waals surface area contributed by atoms with Crippen molar-refractivity contribution < 1.29 is 9.84 Å². The van der Waals surface area contributed by atoms with E-state index >= 15 is 0 Å². The molecule has 1 fully saturated rings. The van der Waals surface area contributed by atoms with Crippen LogP contribution in [0.1, 0.15) is 18.0 Å². The lowest BCUT2D eigenvalue weighted by Crippen LogP contribution is -2.25. The number of rotatable bonds is 3. The lowest BCUT2D eigenvalue weighted by Gasteiger charge is -2.22. The Kier molecular flexibility index (Phi) is 3.23. The summed E-state index contributed by atoms with van der Waals surface area (Å²) >= 11 is 0. The highest BCUT2D eigenvalue weighted by Gasteiger charge is 2.25. The molecule has 0 spiro atoms. The minimum atomic E-state index is 0.316. The zero-order chi connectivity index (χ0) is 10.7. The van der Waals surface area contributed by atoms with E-state index in [0.29, 0.717) is 17.7 Å². The summed E-state index contributed by atoms with van der Waals surface area (Å²) in [7, 11) is 1.97. The summed E-state index contributed by atoms with van der Waals surface area (Å²) in [6.45, 7) is 1.69. The second kappa shape index (κ2) is 4.64. The second-order valence-electron chi connectivity index (χ2n) is 3.98. The Hall–Kier alpha value is -1.06. The highest BCUT2D eigenvalue weighted by atomic mass is 16.5. The van der Waals surface area contributed by atoms with E-state index in [1.807, 2.05) is 19.2 Å². The van der Waals surface area contributed by atoms with E-state index < -0.39 is 0 Å². The van der Waals surface area contributed by atoms with Crippen LogP contribution in [-0.4, -0.2) is 25.4 Å². The van der Waals surface area contributed by atoms with Gasteiger partial charge in [-0.05, 0) is 31.2 Å². The molecule has 0 amide bonds. The topological polar surface area (TPSA) is 41.5 Å². The molecule has 3 nitrogen and oxygen atoms in total. The van der Waals surface area contributed by atoms with Crippen molar-refractivity contribution in [2.45, 2.75) is 12.5 Å². The van der Waals surface area contributed by atoms with Crippen LogP contribution >= 0.6 is 0 Å². The third-order valence-electron chi connectivity index (χ3n) is 3.00. The van der Waals surface area contributed by atoms with Gasteiger partial charge in [0, 0.05) is 18.6 Å². The Morgan fingerprint density at radius 1 is 1.40 bits per heavy atom. The Labute approximate surface area is 90.1 Å². The Bertz CT molecular complexity index is 304. The van der Waals surface area contributed by atoms with Crippen molar-refractivity contribution in [1.29, 1.82) is 0 Å². The van der Waals surface area contributed by atoms with E-state index in [2.05, 4.69) is 5.32 Å². The molecule has 0 bridgehead atoms. The van der Waals surface area contributed by atoms with E-state index in [-0.39, 0.29) is 0 Å². The molecule has 2 atom stereocenters. The summed E-state index contributed by atoms with van der Waals surface area (Å²) in [6.07, 6.45) is 1.10. The first-order chi connectivity index (χ1) is 7.31. The maximum absolute atomic E-state index is 9.23. The highest BCUT2D eigenvalue weighted by Crippen LogP contribution is 2.29. The van der Waals surface area contributed by atoms with Gasteiger partial charge in [-0.2, -0.15) is 0 Å². The smallest absolute Gasteiger partial charge is 0.115 e. The molecule has 3 heteroatoms. The molecule has 1 saturated heterocycles. The third-order valence-corrected chi connectivity index (χ3v) is 3.00. The average molecular weight is 207 g/mol. The maximum Gasteiger partial charge on any atom is 0.115 e. The molecular formula is C12H17NO2. The molecule has 15 heavy (non-hydrogen) atoms. The van der Waals surface area contributed by atoms with Crippen LogP contribution in [0, 0.1) is 5.92 Å². The van der Waals surface area contributed by atoms with E-state index in [0.717, 1.165) is 19.6 Å². The summed E-state index contributed by atoms with van der Waals surface area (Å²) in [6, 6.07) is 7.72. The predicted molar refractivity (Wildman–Crippen MR) is 58.8 cm³/mol. The lowest BCUT2D eigenvalue weighted by atomic mass is 9.92. The second-order valence-corrected chi connectivity index (χ2v) is 3.98. The van der Waals surface area contributed by atoms with Crippen molar-refractivity contribution in [3.8, 4) is 5.75 Å². The van der Waals surface area contributed by atoms with Gasteiger partial charge in [0.05, 0.1) is 6.61 Å². The van der Waals surface area contributed by atoms with Crippen molar-refractivity contribution in [2.24, 2.45) is 5.92 Å². The first-order valence-electron chi connectivity index (χ1n) is 5.35. The van der Waals surface area contributed by atoms with Gasteiger partial charge >= 0.3 is 0 Å². The van der Waals surface area contributed by atoms with Crippen LogP contribution in [0.4, 0.5) is 0 Å². The molecule has 1 aromatic rings. The van der Waals surface area contributed by atoms with Gasteiger partial charge in [-0.25, -0.2) is 0 Å². The number of hydrogen-bond acceptors (Lipinski definition) is 3. The van der Waals surface area contributed by atoms with Crippen molar-refractivity contribution in [3.05, 3.63) is 29.8 Å². The van der Waals surface area contributed by atoms with E-state index in [4.69, 9.17) is 4.74 Å². The quantitative estimate of drug-likeness (QED) is 0.792. The molecule has 1 aliphatic heterocycles. The van der Waals surface area contributed by atoms with Crippen LogP contribution in [-0.2, 0) is 4.74 Å². The molecule has 2 N–H and O–H groups in total. The zero-order valence-corrected chi connectivity index (χ0v) is 8.94. The third kappa shape index (κ3) is 2.30. The molecule has 2 unspecified atom stereocenters. The lowest BCUT2D eigenvalue weighted by molar-refractivity contribution is 0.178. The van der Waals surface area contributed by atoms with Crippen molar-refractivity contribution in [1.82, 2.24) is 5.32 Å². The number of ether oxygens (including phenoxy) is 1. The number of benzene rings is 1. The van der Waals surface area contributed by atoms with Gasteiger partial charge in [0.25, 0.3) is 0 Å². The van der Waals surface area contributed by atoms with Gasteiger partial charge in [0.2, 0.25) is 0 Å². The van der Waals surface area contributed by atoms with E-state index in [1.54, 1.807) is 12.1 Å². The molecule has 82 valence electrons. The van der Waals surface area contributed by atoms with Crippen LogP contribution in [0.25, 0.3) is 0 Å². The van der Waals surface area contributed by atoms with E-state index in [9.17, 15) is 5.11 Å². The van der Waals surface area contributed by atoms with Crippen LogP contribution in [0.3, 0.4) is 0 Å². The van der Waals surface area contributed by atoms with Gasteiger partial charge in [-0.15, -0.1) is 0 Å². The van der Waals surface area contributed by atoms with Crippen LogP contribution in [0.15, 0.2) is 24.3 Å². The number of hydrogen-bond donors (Lipinski definition) is 2. The first-order valence-corrected chi connectivity index (χ1v) is 5.35. The van der Waals surface area contributed by atoms with Crippen LogP contribution in [0.5, 0.6) is 5.75 Å². The Morgan fingerprint density at radius 2 is 2.13 bits per heavy atom. The molecule has 1 heterocycles. The SMILES string of the molecule is CNC(c1ccc(O)cc1)C1CCOC1. The average Bonchev–Trinajstić information content (AvgIpc) is 2.75. The van der Waals surface area contributed by atoms with Gasteiger partial charge in [0.1, 0.15) is 5.75 Å². The molecule has 1 aromatic carbocycles. The van der Waals surface area contributed by atoms with Crippen LogP contribution in [0.2, 0.25) is 0 Å². The fraction of sp³-hybridized carbons (Fsp3) is 0.500. The molecule has 0 aliphatic carbocycles. The summed E-state index contributed by atoms with van der Waals surface area (Å²) in [5, 5.41) is 12.5. The zero-order valence-electron chi connectivity index (χ0n) is 8.94. The number of aromatic hydroxyl groups is 1. The number of phenolic OH excluding ortho intramolecular Hbond substituents is 1. The van der Waals surface area contributed by atoms with Gasteiger partial charge in [-0.3, -0.25) is 0 Å². The summed E-state index contributed by atoms with van der Waals surface area (Å²) in [5.74, 6) is 0.857. The normalized spacial score (nSPS) is 22.9. The first kappa shape index (κ1) is 10.5. The standard InChI is InChI=1S/C12H17NO2/c1-13-12(10-6-7-15-8-10)9-2-4-11(14)5-3-9/h2-5,10,12-14H,6-8H2,1H3.